The summed E-state index contributed by atoms with van der Waals surface area (Å²) in [7, 11) is 0. The molecule has 2 aromatic heterocycles. The lowest BCUT2D eigenvalue weighted by atomic mass is 10.2. The molecule has 0 spiro atoms. The van der Waals surface area contributed by atoms with Crippen LogP contribution in [0, 0.1) is 11.6 Å². The van der Waals surface area contributed by atoms with Crippen molar-refractivity contribution in [2.24, 2.45) is 0 Å². The molecule has 0 bridgehead atoms. The maximum Gasteiger partial charge on any atom is 0.414 e. The first-order chi connectivity index (χ1) is 18.7. The van der Waals surface area contributed by atoms with Gasteiger partial charge in [0, 0.05) is 37.6 Å². The van der Waals surface area contributed by atoms with Crippen molar-refractivity contribution in [1.82, 2.24) is 24.2 Å². The van der Waals surface area contributed by atoms with Crippen LogP contribution in [0.1, 0.15) is 0 Å². The lowest BCUT2D eigenvalue weighted by molar-refractivity contribution is -0.132. The third-order valence-electron chi connectivity index (χ3n) is 6.41. The molecule has 1 N–H and O–H groups in total. The molecule has 16 heteroatoms. The van der Waals surface area contributed by atoms with Crippen molar-refractivity contribution in [2.75, 3.05) is 36.0 Å². The third kappa shape index (κ3) is 4.84. The fourth-order valence-electron chi connectivity index (χ4n) is 4.57. The van der Waals surface area contributed by atoms with Crippen molar-refractivity contribution < 1.29 is 31.9 Å². The van der Waals surface area contributed by atoms with E-state index in [1.54, 1.807) is 0 Å². The van der Waals surface area contributed by atoms with Crippen molar-refractivity contribution >= 4 is 23.4 Å². The Morgan fingerprint density at radius 3 is 2.13 bits per heavy atom. The van der Waals surface area contributed by atoms with Crippen molar-refractivity contribution in [1.29, 1.82) is 0 Å². The van der Waals surface area contributed by atoms with Crippen LogP contribution >= 0.6 is 0 Å². The maximum atomic E-state index is 15.2. The molecule has 2 amide bonds. The first-order valence-corrected chi connectivity index (χ1v) is 11.8. The minimum atomic E-state index is -3.24. The predicted octanol–water partition coefficient (Wildman–Crippen LogP) is 0.701. The monoisotopic (exact) mass is 551 g/mol. The van der Waals surface area contributed by atoms with Gasteiger partial charge in [-0.1, -0.05) is 0 Å². The minimum Gasteiger partial charge on any atom is -0.442 e. The van der Waals surface area contributed by atoms with Gasteiger partial charge in [-0.3, -0.25) is 14.7 Å². The summed E-state index contributed by atoms with van der Waals surface area (Å²) >= 11 is 0. The summed E-state index contributed by atoms with van der Waals surface area (Å²) in [5.74, 6) is -3.53. The largest absolute Gasteiger partial charge is 0.442 e. The number of nitrogens with zero attached hydrogens (tertiary/aromatic N) is 6. The molecular formula is C23H21F4N7O5. The molecule has 206 valence electrons. The third-order valence-corrected chi connectivity index (χ3v) is 6.41. The molecule has 3 aromatic rings. The van der Waals surface area contributed by atoms with Gasteiger partial charge < -0.3 is 15.0 Å². The number of hydrogen-bond acceptors (Lipinski definition) is 7. The van der Waals surface area contributed by atoms with Crippen LogP contribution in [0.2, 0.25) is 0 Å². The Hall–Kier alpha value is -4.63. The van der Waals surface area contributed by atoms with E-state index in [0.717, 1.165) is 21.6 Å². The number of hydrogen-bond donors (Lipinski definition) is 1. The zero-order chi connectivity index (χ0) is 27.8. The van der Waals surface area contributed by atoms with Gasteiger partial charge in [-0.25, -0.2) is 37.1 Å². The lowest BCUT2D eigenvalue weighted by Crippen LogP contribution is -2.37. The summed E-state index contributed by atoms with van der Waals surface area (Å²) < 4.78 is 63.5. The van der Waals surface area contributed by atoms with Gasteiger partial charge in [0.1, 0.15) is 11.8 Å². The van der Waals surface area contributed by atoms with Crippen LogP contribution in [0.4, 0.5) is 33.7 Å². The number of ether oxygens (including phenoxy) is 1. The fraction of sp³-hybridized carbons (Fsp3) is 0.348. The minimum absolute atomic E-state index is 0.00452. The van der Waals surface area contributed by atoms with E-state index in [0.29, 0.717) is 5.69 Å². The number of pyridine rings is 1. The molecule has 0 aliphatic carbocycles. The second kappa shape index (κ2) is 10.3. The summed E-state index contributed by atoms with van der Waals surface area (Å²) in [5, 5.41) is 1.92. The Bertz CT molecular complexity index is 1480. The second-order valence-electron chi connectivity index (χ2n) is 8.76. The number of cyclic esters (lactones) is 1. The molecule has 2 aliphatic heterocycles. The van der Waals surface area contributed by atoms with Crippen LogP contribution in [-0.4, -0.2) is 69.6 Å². The summed E-state index contributed by atoms with van der Waals surface area (Å²) in [6, 6.07) is 4.88. The van der Waals surface area contributed by atoms with Crippen LogP contribution in [0.5, 0.6) is 0 Å². The molecule has 12 nitrogen and oxygen atoms in total. The molecule has 1 atom stereocenters. The number of carbonyl (C=O) groups excluding carboxylic acids is 2. The number of amides is 2. The van der Waals surface area contributed by atoms with E-state index in [1.165, 1.54) is 38.8 Å². The van der Waals surface area contributed by atoms with Crippen LogP contribution in [-0.2, 0) is 22.6 Å². The Balaban J connectivity index is 1.33. The van der Waals surface area contributed by atoms with E-state index in [1.807, 2.05) is 5.32 Å². The van der Waals surface area contributed by atoms with Gasteiger partial charge >= 0.3 is 23.9 Å². The molecule has 5 rings (SSSR count). The number of alkyl halides is 2. The molecule has 0 radical (unpaired) electrons. The van der Waals surface area contributed by atoms with E-state index >= 15 is 8.78 Å². The van der Waals surface area contributed by atoms with Crippen LogP contribution in [0.25, 0.3) is 5.69 Å². The van der Waals surface area contributed by atoms with Crippen molar-refractivity contribution in [3.63, 3.8) is 0 Å². The number of halogens is 4. The second-order valence-corrected chi connectivity index (χ2v) is 8.76. The van der Waals surface area contributed by atoms with Gasteiger partial charge in [0.05, 0.1) is 37.6 Å². The average Bonchev–Trinajstić information content (AvgIpc) is 3.28. The topological polar surface area (TPSA) is 124 Å². The number of benzene rings is 1. The van der Waals surface area contributed by atoms with E-state index < -0.39 is 59.8 Å². The van der Waals surface area contributed by atoms with E-state index in [9.17, 15) is 28.0 Å². The SMILES string of the molecule is O=C(NC[C@H]1CN(c2cc(F)c(N3CCn4c(=O)n(-c5ccncc5)c(=O)n4CC3)c(F)c2)C(=O)O1)C(F)F. The Morgan fingerprint density at radius 1 is 0.974 bits per heavy atom. The summed E-state index contributed by atoms with van der Waals surface area (Å²) in [5.41, 5.74) is -1.43. The first kappa shape index (κ1) is 26.0. The normalized spacial score (nSPS) is 17.3. The number of anilines is 2. The lowest BCUT2D eigenvalue weighted by Gasteiger charge is -2.24. The van der Waals surface area contributed by atoms with E-state index in [-0.39, 0.29) is 38.4 Å². The Labute approximate surface area is 216 Å². The molecule has 1 aromatic carbocycles. The summed E-state index contributed by atoms with van der Waals surface area (Å²) in [4.78, 5) is 55.3. The molecule has 1 saturated heterocycles. The van der Waals surface area contributed by atoms with Crippen LogP contribution in [0.15, 0.2) is 46.2 Å². The highest BCUT2D eigenvalue weighted by atomic mass is 19.3. The van der Waals surface area contributed by atoms with Crippen molar-refractivity contribution in [3.05, 3.63) is 69.3 Å². The van der Waals surface area contributed by atoms with Gasteiger partial charge in [-0.2, -0.15) is 8.78 Å². The van der Waals surface area contributed by atoms with Crippen LogP contribution in [0.3, 0.4) is 0 Å². The van der Waals surface area contributed by atoms with Gasteiger partial charge in [0.2, 0.25) is 0 Å². The summed E-state index contributed by atoms with van der Waals surface area (Å²) in [6.45, 7) is -0.679. The van der Waals surface area contributed by atoms with Crippen molar-refractivity contribution in [2.45, 2.75) is 25.6 Å². The van der Waals surface area contributed by atoms with E-state index in [2.05, 4.69) is 4.98 Å². The first-order valence-electron chi connectivity index (χ1n) is 11.8. The Morgan fingerprint density at radius 2 is 1.56 bits per heavy atom. The number of fused-ring (bicyclic) bond motifs is 1. The highest BCUT2D eigenvalue weighted by Crippen LogP contribution is 2.31. The molecule has 2 aliphatic rings. The molecule has 39 heavy (non-hydrogen) atoms. The summed E-state index contributed by atoms with van der Waals surface area (Å²) in [6.07, 6.45) is -2.31. The molecule has 0 unspecified atom stereocenters. The quantitative estimate of drug-likeness (QED) is 0.448. The van der Waals surface area contributed by atoms with E-state index in [4.69, 9.17) is 4.74 Å². The van der Waals surface area contributed by atoms with Crippen LogP contribution < -0.4 is 26.5 Å². The zero-order valence-electron chi connectivity index (χ0n) is 20.1. The van der Waals surface area contributed by atoms with Gasteiger partial charge in [0.15, 0.2) is 11.6 Å². The molecule has 0 saturated carbocycles. The highest BCUT2D eigenvalue weighted by Gasteiger charge is 2.34. The van der Waals surface area contributed by atoms with Gasteiger partial charge in [-0.05, 0) is 12.1 Å². The smallest absolute Gasteiger partial charge is 0.414 e. The molecular weight excluding hydrogens is 530 g/mol. The van der Waals surface area contributed by atoms with Gasteiger partial charge in [0.25, 0.3) is 5.91 Å². The number of rotatable bonds is 6. The molecule has 4 heterocycles. The standard InChI is InChI=1S/C23H21F4N7O5/c24-16-9-14(31-12-15(39-23(31)38)11-29-20(35)19(26)27)10-17(25)18(16)30-5-7-32-21(36)34(13-1-3-28-4-2-13)22(37)33(32)8-6-30/h1-4,9-10,15,19H,5-8,11-12H2,(H,29,35)/t15-/m0/s1. The zero-order valence-corrected chi connectivity index (χ0v) is 20.1. The molecule has 1 fully saturated rings. The average molecular weight is 551 g/mol. The number of nitrogens with one attached hydrogen (secondary N) is 1. The van der Waals surface area contributed by atoms with Gasteiger partial charge in [-0.15, -0.1) is 0 Å². The Kier molecular flexibility index (Phi) is 6.84. The van der Waals surface area contributed by atoms with Crippen molar-refractivity contribution in [3.8, 4) is 5.69 Å². The maximum absolute atomic E-state index is 15.2. The predicted molar refractivity (Wildman–Crippen MR) is 127 cm³/mol. The highest BCUT2D eigenvalue weighted by molar-refractivity contribution is 5.90. The number of aromatic nitrogens is 4. The number of carbonyl (C=O) groups is 2. The fourth-order valence-corrected chi connectivity index (χ4v) is 4.57.